The van der Waals surface area contributed by atoms with Gasteiger partial charge in [-0.3, -0.25) is 13.8 Å². The molecule has 0 aliphatic carbocycles. The molecule has 3 N–H and O–H groups in total. The molecular formula is C41H81O9P. The monoisotopic (exact) mass is 749 g/mol. The quantitative estimate of drug-likeness (QED) is 0.0242. The van der Waals surface area contributed by atoms with E-state index in [0.29, 0.717) is 6.61 Å². The van der Waals surface area contributed by atoms with Gasteiger partial charge in [-0.05, 0) is 38.5 Å². The van der Waals surface area contributed by atoms with Crippen molar-refractivity contribution in [2.75, 3.05) is 33.0 Å². The van der Waals surface area contributed by atoms with Crippen molar-refractivity contribution >= 4 is 13.8 Å². The zero-order valence-corrected chi connectivity index (χ0v) is 34.0. The summed E-state index contributed by atoms with van der Waals surface area (Å²) in [6.45, 7) is 3.52. The van der Waals surface area contributed by atoms with Crippen molar-refractivity contribution in [1.82, 2.24) is 0 Å². The van der Waals surface area contributed by atoms with Gasteiger partial charge in [-0.15, -0.1) is 0 Å². The van der Waals surface area contributed by atoms with Crippen molar-refractivity contribution in [2.24, 2.45) is 0 Å². The Bertz CT molecular complexity index is 810. The summed E-state index contributed by atoms with van der Waals surface area (Å²) in [4.78, 5) is 22.5. The number of hydrogen-bond donors (Lipinski definition) is 3. The summed E-state index contributed by atoms with van der Waals surface area (Å²) < 4.78 is 33.3. The third-order valence-corrected chi connectivity index (χ3v) is 10.2. The highest BCUT2D eigenvalue weighted by Crippen LogP contribution is 2.43. The van der Waals surface area contributed by atoms with Crippen LogP contribution in [-0.2, 0) is 27.9 Å². The van der Waals surface area contributed by atoms with Crippen LogP contribution >= 0.6 is 7.82 Å². The van der Waals surface area contributed by atoms with Gasteiger partial charge < -0.3 is 24.6 Å². The highest BCUT2D eigenvalue weighted by atomic mass is 31.2. The van der Waals surface area contributed by atoms with E-state index >= 15 is 0 Å². The van der Waals surface area contributed by atoms with Crippen LogP contribution < -0.4 is 0 Å². The summed E-state index contributed by atoms with van der Waals surface area (Å²) in [5, 5.41) is 18.3. The summed E-state index contributed by atoms with van der Waals surface area (Å²) in [6, 6.07) is 0. The minimum atomic E-state index is -4.51. The molecule has 0 saturated heterocycles. The topological polar surface area (TPSA) is 132 Å². The van der Waals surface area contributed by atoms with Crippen LogP contribution in [0.25, 0.3) is 0 Å². The number of rotatable bonds is 41. The van der Waals surface area contributed by atoms with Crippen molar-refractivity contribution in [2.45, 2.75) is 212 Å². The van der Waals surface area contributed by atoms with Crippen molar-refractivity contribution < 1.29 is 43.0 Å². The van der Waals surface area contributed by atoms with Gasteiger partial charge in [0.05, 0.1) is 26.4 Å². The number of esters is 1. The predicted octanol–water partition coefficient (Wildman–Crippen LogP) is 11.3. The standard InChI is InChI=1S/C41H81O9P/c1-3-5-7-9-11-13-15-16-17-18-19-20-21-22-23-24-26-28-30-32-34-47-37-40(38-49-51(45,46)48-36-39(43)35-42)50-41(44)33-31-29-27-25-14-12-10-8-6-4-2/h16-17,39-40,42-43H,3-15,18-38H2,1-2H3,(H,45,46)/b17-16-. The smallest absolute Gasteiger partial charge is 0.457 e. The number of carbonyl (C=O) groups excluding carboxylic acids is 1. The molecule has 0 heterocycles. The normalized spacial score (nSPS) is 14.2. The summed E-state index contributed by atoms with van der Waals surface area (Å²) in [7, 11) is -4.51. The molecule has 9 nitrogen and oxygen atoms in total. The van der Waals surface area contributed by atoms with Gasteiger partial charge in [-0.25, -0.2) is 4.57 Å². The minimum absolute atomic E-state index is 0.0535. The first-order valence-corrected chi connectivity index (χ1v) is 22.7. The maximum absolute atomic E-state index is 12.5. The van der Waals surface area contributed by atoms with Crippen molar-refractivity contribution in [3.8, 4) is 0 Å². The van der Waals surface area contributed by atoms with E-state index in [-0.39, 0.29) is 25.6 Å². The molecule has 3 atom stereocenters. The molecule has 3 unspecified atom stereocenters. The number of aliphatic hydroxyl groups excluding tert-OH is 2. The Balaban J connectivity index is 4.07. The van der Waals surface area contributed by atoms with Crippen LogP contribution in [-0.4, -0.2) is 66.3 Å². The van der Waals surface area contributed by atoms with E-state index in [1.165, 1.54) is 141 Å². The molecule has 0 aliphatic heterocycles. The Hall–Kier alpha value is -0.800. The molecular weight excluding hydrogens is 667 g/mol. The fourth-order valence-corrected chi connectivity index (χ4v) is 6.73. The molecule has 304 valence electrons. The molecule has 0 saturated carbocycles. The number of carbonyl (C=O) groups is 1. The largest absolute Gasteiger partial charge is 0.472 e. The van der Waals surface area contributed by atoms with Crippen molar-refractivity contribution in [3.05, 3.63) is 12.2 Å². The van der Waals surface area contributed by atoms with Gasteiger partial charge in [-0.1, -0.05) is 167 Å². The van der Waals surface area contributed by atoms with E-state index in [2.05, 4.69) is 26.0 Å². The van der Waals surface area contributed by atoms with Gasteiger partial charge in [0, 0.05) is 13.0 Å². The lowest BCUT2D eigenvalue weighted by Crippen LogP contribution is -2.29. The number of phosphoric acid groups is 1. The van der Waals surface area contributed by atoms with E-state index in [0.717, 1.165) is 38.5 Å². The number of hydrogen-bond acceptors (Lipinski definition) is 8. The lowest BCUT2D eigenvalue weighted by Gasteiger charge is -2.20. The lowest BCUT2D eigenvalue weighted by atomic mass is 10.1. The van der Waals surface area contributed by atoms with Crippen molar-refractivity contribution in [3.63, 3.8) is 0 Å². The van der Waals surface area contributed by atoms with Crippen LogP contribution in [0.15, 0.2) is 12.2 Å². The van der Waals surface area contributed by atoms with Crippen LogP contribution in [0, 0.1) is 0 Å². The van der Waals surface area contributed by atoms with Crippen LogP contribution in [0.1, 0.15) is 200 Å². The maximum Gasteiger partial charge on any atom is 0.472 e. The van der Waals surface area contributed by atoms with E-state index in [9.17, 15) is 19.4 Å². The fourth-order valence-electron chi connectivity index (χ4n) is 5.94. The second-order valence-electron chi connectivity index (χ2n) is 14.4. The molecule has 0 aromatic carbocycles. The zero-order valence-electron chi connectivity index (χ0n) is 33.1. The van der Waals surface area contributed by atoms with Gasteiger partial charge >= 0.3 is 13.8 Å². The molecule has 0 spiro atoms. The zero-order chi connectivity index (χ0) is 37.5. The highest BCUT2D eigenvalue weighted by Gasteiger charge is 2.26. The maximum atomic E-state index is 12.5. The average Bonchev–Trinajstić information content (AvgIpc) is 3.12. The van der Waals surface area contributed by atoms with Gasteiger partial charge in [0.15, 0.2) is 0 Å². The molecule has 0 bridgehead atoms. The Kier molecular flexibility index (Phi) is 38.3. The molecule has 0 aromatic heterocycles. The summed E-state index contributed by atoms with van der Waals surface area (Å²) >= 11 is 0. The molecule has 0 aromatic rings. The van der Waals surface area contributed by atoms with Gasteiger partial charge in [0.25, 0.3) is 0 Å². The van der Waals surface area contributed by atoms with Gasteiger partial charge in [-0.2, -0.15) is 0 Å². The van der Waals surface area contributed by atoms with Crippen LogP contribution in [0.4, 0.5) is 0 Å². The Morgan fingerprint density at radius 3 is 1.47 bits per heavy atom. The first kappa shape index (κ1) is 50.2. The van der Waals surface area contributed by atoms with E-state index < -0.39 is 33.2 Å². The second-order valence-corrected chi connectivity index (χ2v) is 15.8. The summed E-state index contributed by atoms with van der Waals surface area (Å²) in [6.07, 6.45) is 37.5. The third-order valence-electron chi connectivity index (χ3n) is 9.20. The SMILES string of the molecule is CCCCCCCC/C=C\CCCCCCCCCCCCOCC(COP(=O)(O)OCC(O)CO)OC(=O)CCCCCCCCCCCC. The van der Waals surface area contributed by atoms with Crippen LogP contribution in [0.5, 0.6) is 0 Å². The second kappa shape index (κ2) is 38.9. The van der Waals surface area contributed by atoms with E-state index in [1.807, 2.05) is 0 Å². The van der Waals surface area contributed by atoms with E-state index in [1.54, 1.807) is 0 Å². The fraction of sp³-hybridized carbons (Fsp3) is 0.927. The molecule has 0 amide bonds. The first-order valence-electron chi connectivity index (χ1n) is 21.2. The molecule has 51 heavy (non-hydrogen) atoms. The number of unbranched alkanes of at least 4 members (excludes halogenated alkanes) is 25. The molecule has 0 fully saturated rings. The number of aliphatic hydroxyl groups is 2. The highest BCUT2D eigenvalue weighted by molar-refractivity contribution is 7.47. The summed E-state index contributed by atoms with van der Waals surface area (Å²) in [5.41, 5.74) is 0. The third kappa shape index (κ3) is 38.7. The van der Waals surface area contributed by atoms with Gasteiger partial charge in [0.2, 0.25) is 0 Å². The number of phosphoric ester groups is 1. The van der Waals surface area contributed by atoms with E-state index in [4.69, 9.17) is 23.6 Å². The molecule has 0 rings (SSSR count). The Labute approximate surface area is 313 Å². The number of allylic oxidation sites excluding steroid dienone is 2. The minimum Gasteiger partial charge on any atom is -0.457 e. The Morgan fingerprint density at radius 1 is 0.588 bits per heavy atom. The van der Waals surface area contributed by atoms with Crippen LogP contribution in [0.2, 0.25) is 0 Å². The summed E-state index contributed by atoms with van der Waals surface area (Å²) in [5.74, 6) is -0.383. The lowest BCUT2D eigenvalue weighted by molar-refractivity contribution is -0.154. The first-order chi connectivity index (χ1) is 24.8. The predicted molar refractivity (Wildman–Crippen MR) is 210 cm³/mol. The number of ether oxygens (including phenoxy) is 2. The molecule has 0 radical (unpaired) electrons. The van der Waals surface area contributed by atoms with Crippen molar-refractivity contribution in [1.29, 1.82) is 0 Å². The Morgan fingerprint density at radius 2 is 1.00 bits per heavy atom. The average molecular weight is 749 g/mol. The van der Waals surface area contributed by atoms with Crippen LogP contribution in [0.3, 0.4) is 0 Å². The van der Waals surface area contributed by atoms with Gasteiger partial charge in [0.1, 0.15) is 12.2 Å². The molecule has 0 aliphatic rings. The molecule has 10 heteroatoms.